The van der Waals surface area contributed by atoms with Gasteiger partial charge in [0, 0.05) is 58.4 Å². The maximum absolute atomic E-state index is 12.3. The summed E-state index contributed by atoms with van der Waals surface area (Å²) in [6.45, 7) is 5.85. The molecule has 0 saturated carbocycles. The molecule has 1 fully saturated rings. The minimum Gasteiger partial charge on any atom is -0.368 e. The molecule has 24 heavy (non-hydrogen) atoms. The Balaban J connectivity index is 0.00000208. The highest BCUT2D eigenvalue weighted by Crippen LogP contribution is 2.15. The van der Waals surface area contributed by atoms with Crippen molar-refractivity contribution in [2.24, 2.45) is 4.99 Å². The molecule has 2 aliphatic heterocycles. The maximum atomic E-state index is 12.3. The zero-order valence-corrected chi connectivity index (χ0v) is 16.5. The Morgan fingerprint density at radius 1 is 1.12 bits per heavy atom. The van der Waals surface area contributed by atoms with E-state index in [1.165, 1.54) is 5.69 Å². The molecule has 6 nitrogen and oxygen atoms in total. The first kappa shape index (κ1) is 18.8. The molecule has 0 aromatic heterocycles. The van der Waals surface area contributed by atoms with Crippen LogP contribution in [0.2, 0.25) is 0 Å². The number of likely N-dealkylation sites (N-methyl/N-ethyl adjacent to an activating group) is 1. The van der Waals surface area contributed by atoms with E-state index in [2.05, 4.69) is 44.4 Å². The van der Waals surface area contributed by atoms with E-state index in [9.17, 15) is 4.79 Å². The summed E-state index contributed by atoms with van der Waals surface area (Å²) in [5.74, 6) is 1.14. The number of nitrogens with zero attached hydrogens (tertiary/aromatic N) is 4. The number of carbonyl (C=O) groups excluding carboxylic acids is 1. The van der Waals surface area contributed by atoms with Crippen LogP contribution in [0.4, 0.5) is 5.69 Å². The molecule has 1 amide bonds. The Hall–Kier alpha value is -1.51. The molecule has 1 aromatic carbocycles. The van der Waals surface area contributed by atoms with E-state index >= 15 is 0 Å². The highest BCUT2D eigenvalue weighted by atomic mass is 127. The lowest BCUT2D eigenvalue weighted by molar-refractivity contribution is -0.131. The standard InChI is InChI=1S/C17H25N5O.HI/c1-20-10-9-19-17(20)18-8-7-16(23)22-13-11-21(12-14-22)15-5-3-2-4-6-15;/h2-6H,7-14H2,1H3,(H,18,19);1H. The second-order valence-corrected chi connectivity index (χ2v) is 6.01. The topological polar surface area (TPSA) is 51.2 Å². The molecule has 2 aliphatic rings. The summed E-state index contributed by atoms with van der Waals surface area (Å²) < 4.78 is 0. The van der Waals surface area contributed by atoms with Gasteiger partial charge in [0.15, 0.2) is 5.96 Å². The van der Waals surface area contributed by atoms with Gasteiger partial charge in [-0.3, -0.25) is 9.79 Å². The fourth-order valence-corrected chi connectivity index (χ4v) is 3.02. The van der Waals surface area contributed by atoms with E-state index in [0.717, 1.165) is 45.2 Å². The van der Waals surface area contributed by atoms with E-state index < -0.39 is 0 Å². The van der Waals surface area contributed by atoms with E-state index in [0.29, 0.717) is 13.0 Å². The summed E-state index contributed by atoms with van der Waals surface area (Å²) in [7, 11) is 2.02. The third-order valence-electron chi connectivity index (χ3n) is 4.43. The third-order valence-corrected chi connectivity index (χ3v) is 4.43. The predicted molar refractivity (Wildman–Crippen MR) is 108 cm³/mol. The number of rotatable bonds is 4. The molecular formula is C17H26IN5O. The molecule has 1 aromatic rings. The van der Waals surface area contributed by atoms with Crippen LogP contribution in [0, 0.1) is 0 Å². The van der Waals surface area contributed by atoms with Crippen LogP contribution in [0.25, 0.3) is 0 Å². The second-order valence-electron chi connectivity index (χ2n) is 6.01. The van der Waals surface area contributed by atoms with Gasteiger partial charge in [0.25, 0.3) is 0 Å². The number of halogens is 1. The van der Waals surface area contributed by atoms with Crippen LogP contribution in [-0.4, -0.2) is 74.5 Å². The van der Waals surface area contributed by atoms with E-state index in [4.69, 9.17) is 0 Å². The number of para-hydroxylation sites is 1. The van der Waals surface area contributed by atoms with Crippen LogP contribution >= 0.6 is 24.0 Å². The van der Waals surface area contributed by atoms with Crippen molar-refractivity contribution in [3.8, 4) is 0 Å². The van der Waals surface area contributed by atoms with Crippen LogP contribution in [0.3, 0.4) is 0 Å². The SMILES string of the molecule is CN1CCN=C1NCCC(=O)N1CCN(c2ccccc2)CC1.I. The maximum Gasteiger partial charge on any atom is 0.224 e. The Bertz CT molecular complexity index is 557. The molecule has 132 valence electrons. The van der Waals surface area contributed by atoms with E-state index in [1.54, 1.807) is 0 Å². The molecular weight excluding hydrogens is 417 g/mol. The largest absolute Gasteiger partial charge is 0.368 e. The molecule has 0 bridgehead atoms. The van der Waals surface area contributed by atoms with Crippen molar-refractivity contribution in [2.45, 2.75) is 6.42 Å². The molecule has 0 radical (unpaired) electrons. The number of nitrogens with one attached hydrogen (secondary N) is 1. The summed E-state index contributed by atoms with van der Waals surface area (Å²) in [6.07, 6.45) is 0.526. The number of guanidine groups is 1. The molecule has 0 unspecified atom stereocenters. The molecule has 2 heterocycles. The number of benzene rings is 1. The lowest BCUT2D eigenvalue weighted by Gasteiger charge is -2.36. The first-order valence-corrected chi connectivity index (χ1v) is 8.31. The number of hydrogen-bond acceptors (Lipinski definition) is 5. The van der Waals surface area contributed by atoms with Crippen molar-refractivity contribution in [1.82, 2.24) is 15.1 Å². The summed E-state index contributed by atoms with van der Waals surface area (Å²) in [5, 5.41) is 3.25. The second kappa shape index (κ2) is 9.10. The Labute approximate surface area is 160 Å². The number of piperazine rings is 1. The monoisotopic (exact) mass is 443 g/mol. The number of hydrogen-bond donors (Lipinski definition) is 1. The van der Waals surface area contributed by atoms with Gasteiger partial charge in [-0.15, -0.1) is 24.0 Å². The number of amides is 1. The smallest absolute Gasteiger partial charge is 0.224 e. The average molecular weight is 443 g/mol. The molecule has 0 spiro atoms. The number of carbonyl (C=O) groups is 1. The lowest BCUT2D eigenvalue weighted by Crippen LogP contribution is -2.49. The van der Waals surface area contributed by atoms with Gasteiger partial charge in [-0.2, -0.15) is 0 Å². The van der Waals surface area contributed by atoms with E-state index in [1.807, 2.05) is 18.0 Å². The predicted octanol–water partition coefficient (Wildman–Crippen LogP) is 1.23. The highest BCUT2D eigenvalue weighted by Gasteiger charge is 2.21. The fraction of sp³-hybridized carbons (Fsp3) is 0.529. The van der Waals surface area contributed by atoms with Gasteiger partial charge in [0.2, 0.25) is 5.91 Å². The molecule has 1 saturated heterocycles. The van der Waals surface area contributed by atoms with Crippen LogP contribution in [0.5, 0.6) is 0 Å². The van der Waals surface area contributed by atoms with Crippen LogP contribution in [0.15, 0.2) is 35.3 Å². The van der Waals surface area contributed by atoms with E-state index in [-0.39, 0.29) is 29.9 Å². The van der Waals surface area contributed by atoms with Crippen molar-refractivity contribution in [3.63, 3.8) is 0 Å². The fourth-order valence-electron chi connectivity index (χ4n) is 3.02. The molecule has 3 rings (SSSR count). The summed E-state index contributed by atoms with van der Waals surface area (Å²) in [4.78, 5) is 23.1. The third kappa shape index (κ3) is 4.75. The number of aliphatic imine (C=N–C) groups is 1. The van der Waals surface area contributed by atoms with Crippen LogP contribution in [0.1, 0.15) is 6.42 Å². The lowest BCUT2D eigenvalue weighted by atomic mass is 10.2. The molecule has 1 N–H and O–H groups in total. The van der Waals surface area contributed by atoms with Gasteiger partial charge in [0.05, 0.1) is 6.54 Å². The van der Waals surface area contributed by atoms with Crippen LogP contribution < -0.4 is 10.2 Å². The van der Waals surface area contributed by atoms with Crippen molar-refractivity contribution in [3.05, 3.63) is 30.3 Å². The summed E-state index contributed by atoms with van der Waals surface area (Å²) in [6, 6.07) is 10.4. The summed E-state index contributed by atoms with van der Waals surface area (Å²) in [5.41, 5.74) is 1.24. The molecule has 0 aliphatic carbocycles. The van der Waals surface area contributed by atoms with Crippen molar-refractivity contribution >= 4 is 41.5 Å². The van der Waals surface area contributed by atoms with Gasteiger partial charge in [-0.1, -0.05) is 18.2 Å². The van der Waals surface area contributed by atoms with Crippen molar-refractivity contribution in [1.29, 1.82) is 0 Å². The van der Waals surface area contributed by atoms with Crippen LogP contribution in [-0.2, 0) is 4.79 Å². The number of anilines is 1. The minimum absolute atomic E-state index is 0. The Kier molecular flexibility index (Phi) is 7.14. The zero-order chi connectivity index (χ0) is 16.1. The Morgan fingerprint density at radius 3 is 2.46 bits per heavy atom. The first-order valence-electron chi connectivity index (χ1n) is 8.31. The zero-order valence-electron chi connectivity index (χ0n) is 14.1. The van der Waals surface area contributed by atoms with Crippen molar-refractivity contribution < 1.29 is 4.79 Å². The van der Waals surface area contributed by atoms with Gasteiger partial charge >= 0.3 is 0 Å². The van der Waals surface area contributed by atoms with Gasteiger partial charge in [-0.05, 0) is 12.1 Å². The summed E-state index contributed by atoms with van der Waals surface area (Å²) >= 11 is 0. The normalized spacial score (nSPS) is 17.4. The molecule has 7 heteroatoms. The minimum atomic E-state index is 0. The van der Waals surface area contributed by atoms with Gasteiger partial charge in [-0.25, -0.2) is 0 Å². The highest BCUT2D eigenvalue weighted by molar-refractivity contribution is 14.0. The van der Waals surface area contributed by atoms with Crippen molar-refractivity contribution in [2.75, 3.05) is 57.8 Å². The van der Waals surface area contributed by atoms with Gasteiger partial charge < -0.3 is 20.0 Å². The quantitative estimate of drug-likeness (QED) is 0.712. The molecule has 0 atom stereocenters. The first-order chi connectivity index (χ1) is 11.2. The average Bonchev–Trinajstić information content (AvgIpc) is 3.01. The Morgan fingerprint density at radius 2 is 1.83 bits per heavy atom. The van der Waals surface area contributed by atoms with Gasteiger partial charge in [0.1, 0.15) is 0 Å².